The molecule has 0 rings (SSSR count). The normalized spacial score (nSPS) is 19.2. The van der Waals surface area contributed by atoms with E-state index >= 15 is 0 Å². The van der Waals surface area contributed by atoms with Crippen LogP contribution >= 0.6 is 0 Å². The predicted molar refractivity (Wildman–Crippen MR) is 108 cm³/mol. The number of rotatable bonds is 12. The van der Waals surface area contributed by atoms with E-state index in [9.17, 15) is 0 Å². The third-order valence-electron chi connectivity index (χ3n) is 6.62. The molecule has 0 fully saturated rings. The Hall–Kier alpha value is 0. The van der Waals surface area contributed by atoms with Crippen molar-refractivity contribution in [2.45, 2.75) is 101 Å². The Morgan fingerprint density at radius 3 is 1.52 bits per heavy atom. The van der Waals surface area contributed by atoms with Crippen molar-refractivity contribution < 1.29 is 0 Å². The van der Waals surface area contributed by atoms with Crippen LogP contribution in [0, 0.1) is 47.3 Å². The van der Waals surface area contributed by atoms with E-state index in [2.05, 4.69) is 69.2 Å². The highest BCUT2D eigenvalue weighted by Gasteiger charge is 2.35. The van der Waals surface area contributed by atoms with Gasteiger partial charge in [-0.05, 0) is 60.2 Å². The minimum absolute atomic E-state index is 0.798. The second kappa shape index (κ2) is 11.5. The van der Waals surface area contributed by atoms with E-state index in [4.69, 9.17) is 0 Å². The Bertz CT molecular complexity index is 276. The molecule has 0 aliphatic carbocycles. The molecule has 0 aromatic carbocycles. The third-order valence-corrected chi connectivity index (χ3v) is 6.62. The summed E-state index contributed by atoms with van der Waals surface area (Å²) in [5, 5.41) is 0. The van der Waals surface area contributed by atoms with Gasteiger partial charge < -0.3 is 0 Å². The maximum absolute atomic E-state index is 2.55. The van der Waals surface area contributed by atoms with Crippen molar-refractivity contribution in [1.82, 2.24) is 0 Å². The van der Waals surface area contributed by atoms with Gasteiger partial charge in [-0.2, -0.15) is 0 Å². The molecule has 0 radical (unpaired) electrons. The number of hydrogen-bond acceptors (Lipinski definition) is 0. The Morgan fingerprint density at radius 2 is 1.17 bits per heavy atom. The molecule has 5 unspecified atom stereocenters. The summed E-state index contributed by atoms with van der Waals surface area (Å²) in [6, 6.07) is 0. The average molecular weight is 325 g/mol. The highest BCUT2D eigenvalue weighted by Crippen LogP contribution is 2.43. The van der Waals surface area contributed by atoms with Crippen LogP contribution in [0.2, 0.25) is 0 Å². The fourth-order valence-corrected chi connectivity index (χ4v) is 4.75. The summed E-state index contributed by atoms with van der Waals surface area (Å²) in [7, 11) is 0. The van der Waals surface area contributed by atoms with Crippen molar-refractivity contribution in [3.63, 3.8) is 0 Å². The lowest BCUT2D eigenvalue weighted by molar-refractivity contribution is 0.0692. The molecule has 0 N–H and O–H groups in total. The SMILES string of the molecule is CCCCC(C(C)C)C(CC(C)C)C(CC)C(C)C(C)C(C)C. The molecule has 0 nitrogen and oxygen atoms in total. The van der Waals surface area contributed by atoms with Crippen molar-refractivity contribution in [2.75, 3.05) is 0 Å². The molecular weight excluding hydrogens is 276 g/mol. The number of unbranched alkanes of at least 4 members (excludes halogenated alkanes) is 1. The molecule has 0 spiro atoms. The van der Waals surface area contributed by atoms with Crippen LogP contribution < -0.4 is 0 Å². The van der Waals surface area contributed by atoms with Crippen LogP contribution in [0.15, 0.2) is 0 Å². The van der Waals surface area contributed by atoms with Crippen molar-refractivity contribution in [2.24, 2.45) is 47.3 Å². The summed E-state index contributed by atoms with van der Waals surface area (Å²) in [5.41, 5.74) is 0. The lowest BCUT2D eigenvalue weighted by Crippen LogP contribution is -2.35. The summed E-state index contributed by atoms with van der Waals surface area (Å²) in [4.78, 5) is 0. The Balaban J connectivity index is 5.42. The van der Waals surface area contributed by atoms with Gasteiger partial charge in [0.1, 0.15) is 0 Å². The first-order chi connectivity index (χ1) is 10.7. The molecule has 0 heteroatoms. The van der Waals surface area contributed by atoms with Gasteiger partial charge >= 0.3 is 0 Å². The van der Waals surface area contributed by atoms with E-state index in [1.807, 2.05) is 0 Å². The second-order valence-electron chi connectivity index (χ2n) is 9.38. The Morgan fingerprint density at radius 1 is 0.609 bits per heavy atom. The summed E-state index contributed by atoms with van der Waals surface area (Å²) >= 11 is 0. The zero-order valence-corrected chi connectivity index (χ0v) is 18.2. The Kier molecular flexibility index (Phi) is 11.5. The van der Waals surface area contributed by atoms with Crippen molar-refractivity contribution in [3.05, 3.63) is 0 Å². The molecule has 0 saturated heterocycles. The fraction of sp³-hybridized carbons (Fsp3) is 1.00. The second-order valence-corrected chi connectivity index (χ2v) is 9.38. The Labute approximate surface area is 149 Å². The van der Waals surface area contributed by atoms with E-state index in [0.717, 1.165) is 47.3 Å². The molecule has 0 bridgehead atoms. The van der Waals surface area contributed by atoms with Crippen molar-refractivity contribution >= 4 is 0 Å². The molecule has 0 amide bonds. The van der Waals surface area contributed by atoms with Crippen LogP contribution in [-0.2, 0) is 0 Å². The zero-order chi connectivity index (χ0) is 18.2. The van der Waals surface area contributed by atoms with Crippen LogP contribution in [0.4, 0.5) is 0 Å². The van der Waals surface area contributed by atoms with Gasteiger partial charge in [0.05, 0.1) is 0 Å². The smallest absolute Gasteiger partial charge is 0.0350 e. The van der Waals surface area contributed by atoms with Gasteiger partial charge in [-0.15, -0.1) is 0 Å². The van der Waals surface area contributed by atoms with Crippen LogP contribution in [0.1, 0.15) is 101 Å². The van der Waals surface area contributed by atoms with E-state index in [1.54, 1.807) is 0 Å². The summed E-state index contributed by atoms with van der Waals surface area (Å²) in [6.45, 7) is 24.4. The highest BCUT2D eigenvalue weighted by molar-refractivity contribution is 4.84. The monoisotopic (exact) mass is 324 g/mol. The quantitative estimate of drug-likeness (QED) is 0.340. The van der Waals surface area contributed by atoms with Crippen molar-refractivity contribution in [1.29, 1.82) is 0 Å². The summed E-state index contributed by atoms with van der Waals surface area (Å²) < 4.78 is 0. The predicted octanol–water partition coefficient (Wildman–Crippen LogP) is 8.07. The van der Waals surface area contributed by atoms with Gasteiger partial charge in [0.2, 0.25) is 0 Å². The fourth-order valence-electron chi connectivity index (χ4n) is 4.75. The maximum atomic E-state index is 2.55. The summed E-state index contributed by atoms with van der Waals surface area (Å²) in [5.74, 6) is 6.80. The van der Waals surface area contributed by atoms with Gasteiger partial charge in [-0.1, -0.05) is 88.5 Å². The zero-order valence-electron chi connectivity index (χ0n) is 18.2. The van der Waals surface area contributed by atoms with Crippen LogP contribution in [0.3, 0.4) is 0 Å². The molecule has 0 aliphatic heterocycles. The molecule has 0 aromatic rings. The van der Waals surface area contributed by atoms with Gasteiger partial charge in [0.15, 0.2) is 0 Å². The molecule has 0 aromatic heterocycles. The van der Waals surface area contributed by atoms with Crippen LogP contribution in [0.5, 0.6) is 0 Å². The van der Waals surface area contributed by atoms with Gasteiger partial charge in [-0.3, -0.25) is 0 Å². The maximum Gasteiger partial charge on any atom is -0.0350 e. The topological polar surface area (TPSA) is 0 Å². The standard InChI is InChI=1S/C23H48/c1-11-13-14-22(18(7)8)23(15-16(3)4)21(12-2)20(10)19(9)17(5)6/h16-23H,11-15H2,1-10H3. The lowest BCUT2D eigenvalue weighted by Gasteiger charge is -2.42. The van der Waals surface area contributed by atoms with Gasteiger partial charge in [-0.25, -0.2) is 0 Å². The van der Waals surface area contributed by atoms with E-state index < -0.39 is 0 Å². The summed E-state index contributed by atoms with van der Waals surface area (Å²) in [6.07, 6.45) is 6.95. The highest BCUT2D eigenvalue weighted by atomic mass is 14.4. The van der Waals surface area contributed by atoms with Gasteiger partial charge in [0.25, 0.3) is 0 Å². The van der Waals surface area contributed by atoms with Crippen LogP contribution in [-0.4, -0.2) is 0 Å². The molecule has 5 atom stereocenters. The van der Waals surface area contributed by atoms with Gasteiger partial charge in [0, 0.05) is 0 Å². The largest absolute Gasteiger partial charge is 0.0654 e. The first-order valence-electron chi connectivity index (χ1n) is 10.7. The minimum atomic E-state index is 0.798. The van der Waals surface area contributed by atoms with E-state index in [1.165, 1.54) is 32.1 Å². The molecule has 0 heterocycles. The molecule has 23 heavy (non-hydrogen) atoms. The molecular formula is C23H48. The third kappa shape index (κ3) is 7.61. The molecule has 140 valence electrons. The van der Waals surface area contributed by atoms with E-state index in [-0.39, 0.29) is 0 Å². The van der Waals surface area contributed by atoms with Crippen molar-refractivity contribution in [3.8, 4) is 0 Å². The number of hydrogen-bond donors (Lipinski definition) is 0. The average Bonchev–Trinajstić information content (AvgIpc) is 2.46. The molecule has 0 aliphatic rings. The van der Waals surface area contributed by atoms with Crippen LogP contribution in [0.25, 0.3) is 0 Å². The minimum Gasteiger partial charge on any atom is -0.0654 e. The first-order valence-corrected chi connectivity index (χ1v) is 10.7. The lowest BCUT2D eigenvalue weighted by atomic mass is 9.63. The molecule has 0 saturated carbocycles. The first kappa shape index (κ1) is 23.0. The van der Waals surface area contributed by atoms with E-state index in [0.29, 0.717) is 0 Å².